The minimum absolute atomic E-state index is 0.168. The van der Waals surface area contributed by atoms with Gasteiger partial charge < -0.3 is 10.2 Å². The zero-order chi connectivity index (χ0) is 15.7. The quantitative estimate of drug-likeness (QED) is 0.885. The number of aromatic nitrogens is 1. The summed E-state index contributed by atoms with van der Waals surface area (Å²) in [5.41, 5.74) is 1.42. The minimum atomic E-state index is -0.795. The van der Waals surface area contributed by atoms with Gasteiger partial charge in [0.25, 0.3) is 0 Å². The molecule has 22 heavy (non-hydrogen) atoms. The van der Waals surface area contributed by atoms with E-state index < -0.39 is 12.0 Å². The molecule has 1 aliphatic heterocycles. The first-order valence-corrected chi connectivity index (χ1v) is 7.27. The van der Waals surface area contributed by atoms with Crippen LogP contribution in [0.2, 0.25) is 0 Å². The molecule has 0 radical (unpaired) electrons. The number of aromatic hydroxyl groups is 1. The first-order chi connectivity index (χ1) is 10.5. The number of carboxylic acid groups (broad SMARTS) is 1. The first-order valence-electron chi connectivity index (χ1n) is 7.27. The maximum Gasteiger partial charge on any atom is 0.322 e. The number of phenols is 1. The molecule has 0 spiro atoms. The number of fused-ring (bicyclic) bond motifs is 1. The van der Waals surface area contributed by atoms with E-state index in [1.54, 1.807) is 12.1 Å². The van der Waals surface area contributed by atoms with Crippen LogP contribution in [0, 0.1) is 0 Å². The van der Waals surface area contributed by atoms with Crippen LogP contribution in [0.25, 0.3) is 10.9 Å². The number of carbonyl (C=O) groups is 1. The van der Waals surface area contributed by atoms with E-state index in [1.165, 1.54) is 0 Å². The number of pyridine rings is 1. The van der Waals surface area contributed by atoms with Gasteiger partial charge in [0.2, 0.25) is 0 Å². The Balaban J connectivity index is 1.78. The number of piperazine rings is 1. The van der Waals surface area contributed by atoms with Gasteiger partial charge in [0, 0.05) is 31.6 Å². The van der Waals surface area contributed by atoms with Crippen molar-refractivity contribution in [1.29, 1.82) is 0 Å². The highest BCUT2D eigenvalue weighted by molar-refractivity contribution is 5.84. The van der Waals surface area contributed by atoms with Gasteiger partial charge in [0.05, 0.1) is 5.69 Å². The van der Waals surface area contributed by atoms with E-state index in [0.29, 0.717) is 18.6 Å². The highest BCUT2D eigenvalue weighted by atomic mass is 16.4. The number of phenolic OH excluding ortho intramolecular Hbond substituents is 1. The van der Waals surface area contributed by atoms with E-state index in [1.807, 2.05) is 30.1 Å². The summed E-state index contributed by atoms with van der Waals surface area (Å²) in [6.45, 7) is 2.59. The summed E-state index contributed by atoms with van der Waals surface area (Å²) < 4.78 is 0. The molecular weight excluding hydrogens is 282 g/mol. The maximum absolute atomic E-state index is 11.3. The average Bonchev–Trinajstić information content (AvgIpc) is 2.50. The smallest absolute Gasteiger partial charge is 0.322 e. The monoisotopic (exact) mass is 301 g/mol. The number of carboxylic acids is 1. The number of aliphatic carboxylic acids is 1. The van der Waals surface area contributed by atoms with Crippen LogP contribution in [0.5, 0.6) is 5.75 Å². The molecule has 1 aromatic carbocycles. The molecule has 2 N–H and O–H groups in total. The number of hydrogen-bond acceptors (Lipinski definition) is 5. The summed E-state index contributed by atoms with van der Waals surface area (Å²) in [7, 11) is 1.84. The van der Waals surface area contributed by atoms with Crippen molar-refractivity contribution in [2.75, 3.05) is 26.7 Å². The Kier molecular flexibility index (Phi) is 3.96. The van der Waals surface area contributed by atoms with Gasteiger partial charge in [0.1, 0.15) is 17.3 Å². The van der Waals surface area contributed by atoms with Crippen molar-refractivity contribution < 1.29 is 15.0 Å². The predicted molar refractivity (Wildman–Crippen MR) is 82.7 cm³/mol. The Labute approximate surface area is 128 Å². The third-order valence-corrected chi connectivity index (χ3v) is 4.16. The third kappa shape index (κ3) is 2.88. The lowest BCUT2D eigenvalue weighted by molar-refractivity contribution is -0.145. The summed E-state index contributed by atoms with van der Waals surface area (Å²) in [5, 5.41) is 20.0. The zero-order valence-electron chi connectivity index (χ0n) is 12.4. The van der Waals surface area contributed by atoms with Crippen LogP contribution in [0.3, 0.4) is 0 Å². The van der Waals surface area contributed by atoms with Gasteiger partial charge in [-0.1, -0.05) is 18.2 Å². The molecule has 116 valence electrons. The van der Waals surface area contributed by atoms with Crippen molar-refractivity contribution >= 4 is 16.9 Å². The largest absolute Gasteiger partial charge is 0.506 e. The van der Waals surface area contributed by atoms with Crippen molar-refractivity contribution in [2.24, 2.45) is 0 Å². The molecule has 1 aliphatic rings. The van der Waals surface area contributed by atoms with Gasteiger partial charge in [0.15, 0.2) is 0 Å². The fraction of sp³-hybridized carbons (Fsp3) is 0.375. The predicted octanol–water partition coefficient (Wildman–Crippen LogP) is 1.14. The molecule has 0 saturated carbocycles. The van der Waals surface area contributed by atoms with Gasteiger partial charge in [-0.25, -0.2) is 4.98 Å². The van der Waals surface area contributed by atoms with E-state index >= 15 is 0 Å². The summed E-state index contributed by atoms with van der Waals surface area (Å²) in [6, 6.07) is 8.69. The summed E-state index contributed by atoms with van der Waals surface area (Å²) in [4.78, 5) is 19.7. The minimum Gasteiger partial charge on any atom is -0.506 e. The van der Waals surface area contributed by atoms with E-state index in [2.05, 4.69) is 9.88 Å². The van der Waals surface area contributed by atoms with Crippen molar-refractivity contribution in [1.82, 2.24) is 14.8 Å². The molecule has 0 unspecified atom stereocenters. The van der Waals surface area contributed by atoms with Crippen LogP contribution in [0.15, 0.2) is 30.3 Å². The second kappa shape index (κ2) is 5.90. The average molecular weight is 301 g/mol. The van der Waals surface area contributed by atoms with Crippen LogP contribution in [0.4, 0.5) is 0 Å². The fourth-order valence-corrected chi connectivity index (χ4v) is 2.83. The molecule has 1 fully saturated rings. The van der Waals surface area contributed by atoms with Gasteiger partial charge in [-0.05, 0) is 19.2 Å². The lowest BCUT2D eigenvalue weighted by Crippen LogP contribution is -2.54. The molecule has 1 atom stereocenters. The van der Waals surface area contributed by atoms with E-state index in [4.69, 9.17) is 0 Å². The number of para-hydroxylation sites is 1. The van der Waals surface area contributed by atoms with Gasteiger partial charge in [-0.15, -0.1) is 0 Å². The molecule has 1 saturated heterocycles. The van der Waals surface area contributed by atoms with Gasteiger partial charge in [-0.3, -0.25) is 14.6 Å². The van der Waals surface area contributed by atoms with Crippen molar-refractivity contribution in [3.63, 3.8) is 0 Å². The van der Waals surface area contributed by atoms with Crippen molar-refractivity contribution in [3.8, 4) is 5.75 Å². The molecule has 0 amide bonds. The van der Waals surface area contributed by atoms with Gasteiger partial charge in [-0.2, -0.15) is 0 Å². The second-order valence-corrected chi connectivity index (χ2v) is 5.72. The van der Waals surface area contributed by atoms with E-state index in [-0.39, 0.29) is 5.75 Å². The number of rotatable bonds is 3. The van der Waals surface area contributed by atoms with Crippen LogP contribution < -0.4 is 0 Å². The van der Waals surface area contributed by atoms with Crippen molar-refractivity contribution in [3.05, 3.63) is 36.0 Å². The number of likely N-dealkylation sites (N-methyl/N-ethyl adjacent to an activating group) is 1. The molecule has 6 heteroatoms. The van der Waals surface area contributed by atoms with Crippen LogP contribution in [-0.4, -0.2) is 63.7 Å². The Hall–Kier alpha value is -2.18. The summed E-state index contributed by atoms with van der Waals surface area (Å²) in [6.07, 6.45) is 0. The zero-order valence-corrected chi connectivity index (χ0v) is 12.4. The highest BCUT2D eigenvalue weighted by Gasteiger charge is 2.29. The molecular formula is C16H19N3O3. The van der Waals surface area contributed by atoms with Crippen LogP contribution >= 0.6 is 0 Å². The topological polar surface area (TPSA) is 76.9 Å². The Morgan fingerprint density at radius 1 is 1.32 bits per heavy atom. The molecule has 1 aromatic heterocycles. The first kappa shape index (κ1) is 14.7. The summed E-state index contributed by atoms with van der Waals surface area (Å²) in [5.74, 6) is -0.627. The Morgan fingerprint density at radius 2 is 2.14 bits per heavy atom. The lowest BCUT2D eigenvalue weighted by Gasteiger charge is -2.36. The number of benzene rings is 1. The van der Waals surface area contributed by atoms with E-state index in [9.17, 15) is 15.0 Å². The Morgan fingerprint density at radius 3 is 2.91 bits per heavy atom. The summed E-state index contributed by atoms with van der Waals surface area (Å²) >= 11 is 0. The maximum atomic E-state index is 11.3. The molecule has 6 nitrogen and oxygen atoms in total. The molecule has 3 rings (SSSR count). The Bertz CT molecular complexity index is 704. The number of nitrogens with zero attached hydrogens (tertiary/aromatic N) is 3. The molecule has 0 aliphatic carbocycles. The SMILES string of the molecule is CN1CCN(Cc2ccc3cccc(O)c3n2)C[C@@H]1C(=O)O. The van der Waals surface area contributed by atoms with E-state index in [0.717, 1.165) is 24.2 Å². The van der Waals surface area contributed by atoms with Crippen LogP contribution in [0.1, 0.15) is 5.69 Å². The number of hydrogen-bond donors (Lipinski definition) is 2. The molecule has 2 heterocycles. The highest BCUT2D eigenvalue weighted by Crippen LogP contribution is 2.23. The third-order valence-electron chi connectivity index (χ3n) is 4.16. The lowest BCUT2D eigenvalue weighted by atomic mass is 10.1. The van der Waals surface area contributed by atoms with Crippen molar-refractivity contribution in [2.45, 2.75) is 12.6 Å². The second-order valence-electron chi connectivity index (χ2n) is 5.72. The van der Waals surface area contributed by atoms with Gasteiger partial charge >= 0.3 is 5.97 Å². The van der Waals surface area contributed by atoms with Crippen LogP contribution in [-0.2, 0) is 11.3 Å². The molecule has 0 bridgehead atoms. The fourth-order valence-electron chi connectivity index (χ4n) is 2.83. The normalized spacial score (nSPS) is 20.3. The molecule has 2 aromatic rings. The standard InChI is InChI=1S/C16H19N3O3/c1-18-7-8-19(10-13(18)16(21)22)9-12-6-5-11-3-2-4-14(20)15(11)17-12/h2-6,13,20H,7-10H2,1H3,(H,21,22)/t13-/m1/s1.